The van der Waals surface area contributed by atoms with Gasteiger partial charge in [0, 0.05) is 48.2 Å². The van der Waals surface area contributed by atoms with E-state index in [-0.39, 0.29) is 6.04 Å². The Bertz CT molecular complexity index is 870. The van der Waals surface area contributed by atoms with Gasteiger partial charge in [0.15, 0.2) is 0 Å². The first kappa shape index (κ1) is 15.9. The van der Waals surface area contributed by atoms with Crippen molar-refractivity contribution >= 4 is 5.69 Å². The third-order valence-corrected chi connectivity index (χ3v) is 6.05. The summed E-state index contributed by atoms with van der Waals surface area (Å²) >= 11 is 0. The minimum atomic E-state index is -0.0301. The molecule has 5 rings (SSSR count). The highest BCUT2D eigenvalue weighted by Gasteiger charge is 2.36. The second-order valence-electron chi connectivity index (χ2n) is 7.46. The second-order valence-corrected chi connectivity index (χ2v) is 7.46. The minimum absolute atomic E-state index is 0.0301. The van der Waals surface area contributed by atoms with Gasteiger partial charge in [0.2, 0.25) is 5.88 Å². The fourth-order valence-corrected chi connectivity index (χ4v) is 4.30. The Balaban J connectivity index is 1.49. The molecule has 1 fully saturated rings. The summed E-state index contributed by atoms with van der Waals surface area (Å²) in [6, 6.07) is 11.0. The number of anilines is 1. The van der Waals surface area contributed by atoms with Crippen molar-refractivity contribution in [2.24, 2.45) is 5.73 Å². The first-order valence-corrected chi connectivity index (χ1v) is 9.36. The molecule has 1 unspecified atom stereocenters. The molecule has 0 bridgehead atoms. The topological polar surface area (TPSA) is 63.4 Å². The molecule has 0 spiro atoms. The molecule has 26 heavy (non-hydrogen) atoms. The number of aromatic nitrogens is 1. The number of fused-ring (bicyclic) bond motifs is 1. The number of methoxy groups -OCH3 is 1. The zero-order valence-electron chi connectivity index (χ0n) is 15.0. The Morgan fingerprint density at radius 2 is 2.08 bits per heavy atom. The summed E-state index contributed by atoms with van der Waals surface area (Å²) in [5.41, 5.74) is 13.8. The Kier molecular flexibility index (Phi) is 3.72. The number of pyridine rings is 1. The molecule has 1 aromatic heterocycles. The van der Waals surface area contributed by atoms with E-state index in [4.69, 9.17) is 10.5 Å². The molecule has 1 saturated carbocycles. The van der Waals surface area contributed by atoms with E-state index in [2.05, 4.69) is 33.4 Å². The normalized spacial score (nSPS) is 22.5. The van der Waals surface area contributed by atoms with Crippen molar-refractivity contribution in [3.8, 4) is 17.0 Å². The van der Waals surface area contributed by atoms with Gasteiger partial charge < -0.3 is 15.8 Å². The zero-order chi connectivity index (χ0) is 17.7. The van der Waals surface area contributed by atoms with Gasteiger partial charge in [-0.25, -0.2) is 4.98 Å². The molecule has 0 saturated heterocycles. The molecule has 2 aliphatic heterocycles. The monoisotopic (exact) mass is 348 g/mol. The molecule has 5 heteroatoms. The largest absolute Gasteiger partial charge is 0.481 e. The van der Waals surface area contributed by atoms with Gasteiger partial charge >= 0.3 is 0 Å². The van der Waals surface area contributed by atoms with E-state index in [1.165, 1.54) is 36.1 Å². The number of nitrogens with zero attached hydrogens (tertiary/aromatic N) is 2. The van der Waals surface area contributed by atoms with Crippen LogP contribution in [0.1, 0.15) is 30.9 Å². The molecule has 3 N–H and O–H groups in total. The summed E-state index contributed by atoms with van der Waals surface area (Å²) in [6.07, 6.45) is 5.87. The number of rotatable bonds is 3. The van der Waals surface area contributed by atoms with E-state index in [9.17, 15) is 0 Å². The average molecular weight is 348 g/mol. The van der Waals surface area contributed by atoms with Crippen LogP contribution in [0.2, 0.25) is 0 Å². The standard InChI is InChI=1S/C21H24N4O/c1-26-19-9-8-13(10-23-19)15-6-3-7-16-20(22)17-11-25(14-4-2-5-14)12-18(17)24-21(15)16/h3,6-10,14,20,24H,2,4-5,11-12,22H2,1H3. The lowest BCUT2D eigenvalue weighted by Crippen LogP contribution is -2.39. The van der Waals surface area contributed by atoms with Gasteiger partial charge in [-0.1, -0.05) is 24.6 Å². The minimum Gasteiger partial charge on any atom is -0.481 e. The fraction of sp³-hybridized carbons (Fsp3) is 0.381. The summed E-state index contributed by atoms with van der Waals surface area (Å²) in [6.45, 7) is 1.99. The van der Waals surface area contributed by atoms with E-state index in [0.29, 0.717) is 5.88 Å². The predicted molar refractivity (Wildman–Crippen MR) is 103 cm³/mol. The number of nitrogens with two attached hydrogens (primary N) is 1. The Morgan fingerprint density at radius 3 is 2.77 bits per heavy atom. The van der Waals surface area contributed by atoms with Gasteiger partial charge in [0.25, 0.3) is 0 Å². The van der Waals surface area contributed by atoms with E-state index in [0.717, 1.165) is 35.9 Å². The van der Waals surface area contributed by atoms with Crippen LogP contribution in [0.4, 0.5) is 5.69 Å². The Morgan fingerprint density at radius 1 is 1.19 bits per heavy atom. The molecular weight excluding hydrogens is 324 g/mol. The SMILES string of the molecule is COc1ccc(-c2cccc3c2NC2=C(CN(C4CCC4)C2)C3N)cn1. The molecule has 0 amide bonds. The number of hydrogen-bond acceptors (Lipinski definition) is 5. The highest BCUT2D eigenvalue weighted by atomic mass is 16.5. The second kappa shape index (κ2) is 6.11. The summed E-state index contributed by atoms with van der Waals surface area (Å²) in [5.74, 6) is 0.625. The molecule has 3 heterocycles. The number of nitrogens with one attached hydrogen (secondary N) is 1. The van der Waals surface area contributed by atoms with Gasteiger partial charge in [0.1, 0.15) is 0 Å². The average Bonchev–Trinajstić information content (AvgIpc) is 3.04. The number of benzene rings is 1. The van der Waals surface area contributed by atoms with E-state index >= 15 is 0 Å². The highest BCUT2D eigenvalue weighted by molar-refractivity contribution is 5.83. The van der Waals surface area contributed by atoms with Crippen LogP contribution in [0.5, 0.6) is 5.88 Å². The molecule has 5 nitrogen and oxygen atoms in total. The van der Waals surface area contributed by atoms with Crippen LogP contribution >= 0.6 is 0 Å². The smallest absolute Gasteiger partial charge is 0.212 e. The molecule has 3 aliphatic rings. The lowest BCUT2D eigenvalue weighted by atomic mass is 9.89. The van der Waals surface area contributed by atoms with Crippen LogP contribution in [0.15, 0.2) is 47.8 Å². The number of hydrogen-bond donors (Lipinski definition) is 2. The Labute approximate surface area is 153 Å². The van der Waals surface area contributed by atoms with Gasteiger partial charge in [-0.3, -0.25) is 4.90 Å². The van der Waals surface area contributed by atoms with Gasteiger partial charge in [0.05, 0.1) is 18.8 Å². The predicted octanol–water partition coefficient (Wildman–Crippen LogP) is 3.30. The first-order chi connectivity index (χ1) is 12.7. The van der Waals surface area contributed by atoms with Crippen molar-refractivity contribution in [1.29, 1.82) is 0 Å². The van der Waals surface area contributed by atoms with Crippen molar-refractivity contribution in [3.63, 3.8) is 0 Å². The lowest BCUT2D eigenvalue weighted by molar-refractivity contribution is 0.161. The first-order valence-electron chi connectivity index (χ1n) is 9.36. The summed E-state index contributed by atoms with van der Waals surface area (Å²) < 4.78 is 5.18. The molecule has 1 aromatic carbocycles. The molecular formula is C21H24N4O. The molecule has 0 radical (unpaired) electrons. The molecule has 1 aliphatic carbocycles. The number of para-hydroxylation sites is 1. The van der Waals surface area contributed by atoms with Crippen LogP contribution in [-0.2, 0) is 0 Å². The van der Waals surface area contributed by atoms with E-state index in [1.54, 1.807) is 7.11 Å². The van der Waals surface area contributed by atoms with Crippen molar-refractivity contribution in [3.05, 3.63) is 53.4 Å². The maximum atomic E-state index is 6.69. The van der Waals surface area contributed by atoms with Crippen molar-refractivity contribution < 1.29 is 4.74 Å². The maximum absolute atomic E-state index is 6.69. The van der Waals surface area contributed by atoms with E-state index < -0.39 is 0 Å². The summed E-state index contributed by atoms with van der Waals surface area (Å²) in [5, 5.41) is 3.72. The quantitative estimate of drug-likeness (QED) is 0.891. The van der Waals surface area contributed by atoms with Crippen molar-refractivity contribution in [2.45, 2.75) is 31.3 Å². The Hall–Kier alpha value is -2.37. The van der Waals surface area contributed by atoms with Gasteiger partial charge in [-0.15, -0.1) is 0 Å². The van der Waals surface area contributed by atoms with Crippen LogP contribution in [-0.4, -0.2) is 36.1 Å². The number of ether oxygens (including phenoxy) is 1. The molecule has 1 atom stereocenters. The highest BCUT2D eigenvalue weighted by Crippen LogP contribution is 2.43. The lowest BCUT2D eigenvalue weighted by Gasteiger charge is -2.34. The maximum Gasteiger partial charge on any atom is 0.212 e. The molecule has 134 valence electrons. The van der Waals surface area contributed by atoms with Gasteiger partial charge in [-0.2, -0.15) is 0 Å². The van der Waals surface area contributed by atoms with Gasteiger partial charge in [-0.05, 0) is 30.0 Å². The molecule has 2 aromatic rings. The third-order valence-electron chi connectivity index (χ3n) is 6.05. The van der Waals surface area contributed by atoms with Crippen molar-refractivity contribution in [2.75, 3.05) is 25.5 Å². The van der Waals surface area contributed by atoms with E-state index in [1.807, 2.05) is 18.3 Å². The van der Waals surface area contributed by atoms with Crippen LogP contribution in [0.3, 0.4) is 0 Å². The van der Waals surface area contributed by atoms with Crippen LogP contribution < -0.4 is 15.8 Å². The van der Waals surface area contributed by atoms with Crippen molar-refractivity contribution in [1.82, 2.24) is 9.88 Å². The summed E-state index contributed by atoms with van der Waals surface area (Å²) in [4.78, 5) is 6.95. The van der Waals surface area contributed by atoms with Crippen LogP contribution in [0.25, 0.3) is 11.1 Å². The zero-order valence-corrected chi connectivity index (χ0v) is 15.0. The van der Waals surface area contributed by atoms with Crippen LogP contribution in [0, 0.1) is 0 Å². The summed E-state index contributed by atoms with van der Waals surface area (Å²) in [7, 11) is 1.63. The third kappa shape index (κ3) is 2.42. The fourth-order valence-electron chi connectivity index (χ4n) is 4.30.